The van der Waals surface area contributed by atoms with E-state index in [4.69, 9.17) is 23.2 Å². The second kappa shape index (κ2) is 10.1. The molecule has 4 heteroatoms. The molecule has 0 aliphatic carbocycles. The summed E-state index contributed by atoms with van der Waals surface area (Å²) in [7, 11) is 0. The number of benzene rings is 2. The molecular weight excluding hydrogens is 375 g/mol. The maximum atomic E-state index is 10.1. The van der Waals surface area contributed by atoms with Crippen LogP contribution in [0.1, 0.15) is 44.7 Å². The summed E-state index contributed by atoms with van der Waals surface area (Å²) in [5.74, 6) is 0.115. The van der Waals surface area contributed by atoms with Gasteiger partial charge in [-0.15, -0.1) is 0 Å². The monoisotopic (exact) mass is 402 g/mol. The van der Waals surface area contributed by atoms with Crippen molar-refractivity contribution in [3.63, 3.8) is 0 Å². The predicted octanol–water partition coefficient (Wildman–Crippen LogP) is 6.71. The van der Waals surface area contributed by atoms with E-state index in [1.54, 1.807) is 0 Å². The minimum atomic E-state index is -0.679. The molecule has 2 aromatic carbocycles. The second-order valence-corrected chi connectivity index (χ2v) is 8.11. The molecule has 0 fully saturated rings. The Morgan fingerprint density at radius 2 is 1.67 bits per heavy atom. The van der Waals surface area contributed by atoms with Gasteiger partial charge in [0.15, 0.2) is 0 Å². The average Bonchev–Trinajstić information content (AvgIpc) is 2.66. The van der Waals surface area contributed by atoms with Gasteiger partial charge in [-0.25, -0.2) is 0 Å². The van der Waals surface area contributed by atoms with Crippen LogP contribution in [0.3, 0.4) is 0 Å². The molecule has 0 aliphatic heterocycles. The third kappa shape index (κ3) is 5.26. The first kappa shape index (κ1) is 21.8. The molecule has 0 spiro atoms. The minimum Gasteiger partial charge on any atom is -0.299 e. The van der Waals surface area contributed by atoms with Crippen LogP contribution in [0.5, 0.6) is 0 Å². The summed E-state index contributed by atoms with van der Waals surface area (Å²) in [6.45, 7) is 9.15. The first-order valence-corrected chi connectivity index (χ1v) is 10.3. The highest BCUT2D eigenvalue weighted by Gasteiger charge is 2.39. The quantitative estimate of drug-likeness (QED) is 0.465. The third-order valence-electron chi connectivity index (χ3n) is 5.34. The lowest BCUT2D eigenvalue weighted by molar-refractivity contribution is 0.255. The molecule has 1 atom stereocenters. The van der Waals surface area contributed by atoms with E-state index in [-0.39, 0.29) is 5.92 Å². The summed E-state index contributed by atoms with van der Waals surface area (Å²) in [5, 5.41) is 11.3. The molecule has 0 radical (unpaired) electrons. The average molecular weight is 403 g/mol. The van der Waals surface area contributed by atoms with Gasteiger partial charge in [0.05, 0.1) is 11.5 Å². The van der Waals surface area contributed by atoms with Crippen LogP contribution in [0.15, 0.2) is 48.5 Å². The fourth-order valence-corrected chi connectivity index (χ4v) is 4.37. The zero-order chi connectivity index (χ0) is 19.9. The van der Waals surface area contributed by atoms with Crippen LogP contribution in [0.4, 0.5) is 0 Å². The maximum Gasteiger partial charge on any atom is 0.0874 e. The second-order valence-electron chi connectivity index (χ2n) is 7.29. The van der Waals surface area contributed by atoms with Crippen LogP contribution in [0.2, 0.25) is 10.0 Å². The molecule has 2 aromatic rings. The van der Waals surface area contributed by atoms with E-state index in [1.165, 1.54) is 5.56 Å². The molecular formula is C23H28Cl2N2. The van der Waals surface area contributed by atoms with Crippen molar-refractivity contribution >= 4 is 23.2 Å². The Hall–Kier alpha value is -1.53. The number of nitrogens with zero attached hydrogens (tertiary/aromatic N) is 2. The Morgan fingerprint density at radius 1 is 1.04 bits per heavy atom. The highest BCUT2D eigenvalue weighted by molar-refractivity contribution is 6.36. The van der Waals surface area contributed by atoms with E-state index in [1.807, 2.05) is 24.3 Å². The number of nitriles is 1. The molecule has 0 heterocycles. The van der Waals surface area contributed by atoms with Gasteiger partial charge in [-0.2, -0.15) is 5.26 Å². The first-order valence-electron chi connectivity index (χ1n) is 9.56. The van der Waals surface area contributed by atoms with Gasteiger partial charge in [-0.3, -0.25) is 4.90 Å². The maximum absolute atomic E-state index is 10.1. The summed E-state index contributed by atoms with van der Waals surface area (Å²) in [6, 6.07) is 18.5. The minimum absolute atomic E-state index is 0.115. The van der Waals surface area contributed by atoms with Crippen molar-refractivity contribution in [2.45, 2.75) is 45.6 Å². The molecule has 0 N–H and O–H groups in total. The van der Waals surface area contributed by atoms with Crippen molar-refractivity contribution in [1.29, 1.82) is 5.26 Å². The van der Waals surface area contributed by atoms with Crippen molar-refractivity contribution in [2.24, 2.45) is 5.92 Å². The fourth-order valence-electron chi connectivity index (χ4n) is 3.64. The normalized spacial score (nSPS) is 13.6. The number of hydrogen-bond acceptors (Lipinski definition) is 2. The van der Waals surface area contributed by atoms with E-state index in [0.717, 1.165) is 38.0 Å². The van der Waals surface area contributed by atoms with Crippen molar-refractivity contribution < 1.29 is 0 Å². The van der Waals surface area contributed by atoms with Gasteiger partial charge in [0, 0.05) is 22.2 Å². The summed E-state index contributed by atoms with van der Waals surface area (Å²) in [6.07, 6.45) is 1.64. The van der Waals surface area contributed by atoms with Gasteiger partial charge >= 0.3 is 0 Å². The Morgan fingerprint density at radius 3 is 2.19 bits per heavy atom. The zero-order valence-electron chi connectivity index (χ0n) is 16.4. The van der Waals surface area contributed by atoms with Crippen LogP contribution in [0, 0.1) is 17.2 Å². The van der Waals surface area contributed by atoms with Gasteiger partial charge in [0.2, 0.25) is 0 Å². The number of rotatable bonds is 9. The molecule has 0 aliphatic rings. The van der Waals surface area contributed by atoms with Crippen LogP contribution in [-0.2, 0) is 12.0 Å². The first-order chi connectivity index (χ1) is 12.9. The van der Waals surface area contributed by atoms with Crippen molar-refractivity contribution in [3.8, 4) is 6.07 Å². The van der Waals surface area contributed by atoms with E-state index in [9.17, 15) is 5.26 Å². The Labute approximate surface area is 173 Å². The lowest BCUT2D eigenvalue weighted by Gasteiger charge is -2.33. The van der Waals surface area contributed by atoms with Crippen LogP contribution in [0.25, 0.3) is 0 Å². The summed E-state index contributed by atoms with van der Waals surface area (Å²) in [4.78, 5) is 2.41. The lowest BCUT2D eigenvalue weighted by atomic mass is 9.69. The fraction of sp³-hybridized carbons (Fsp3) is 0.435. The highest BCUT2D eigenvalue weighted by atomic mass is 35.5. The zero-order valence-corrected chi connectivity index (χ0v) is 17.9. The van der Waals surface area contributed by atoms with Gasteiger partial charge in [0.25, 0.3) is 0 Å². The SMILES string of the molecule is CCN(CCCC(C#N)(c1c(Cl)cccc1Cl)C(C)C)Cc1ccccc1. The summed E-state index contributed by atoms with van der Waals surface area (Å²) < 4.78 is 0. The third-order valence-corrected chi connectivity index (χ3v) is 5.97. The van der Waals surface area contributed by atoms with Crippen molar-refractivity contribution in [3.05, 3.63) is 69.7 Å². The molecule has 0 bridgehead atoms. The smallest absolute Gasteiger partial charge is 0.0874 e. The van der Waals surface area contributed by atoms with E-state index >= 15 is 0 Å². The summed E-state index contributed by atoms with van der Waals surface area (Å²) in [5.41, 5.74) is 1.41. The van der Waals surface area contributed by atoms with Gasteiger partial charge < -0.3 is 0 Å². The Kier molecular flexibility index (Phi) is 8.17. The van der Waals surface area contributed by atoms with E-state index in [2.05, 4.69) is 56.0 Å². The van der Waals surface area contributed by atoms with Gasteiger partial charge in [-0.05, 0) is 49.5 Å². The van der Waals surface area contributed by atoms with E-state index < -0.39 is 5.41 Å². The molecule has 2 nitrogen and oxygen atoms in total. The van der Waals surface area contributed by atoms with Gasteiger partial charge in [0.1, 0.15) is 0 Å². The Bertz CT molecular complexity index is 747. The molecule has 2 rings (SSSR count). The van der Waals surface area contributed by atoms with Crippen molar-refractivity contribution in [1.82, 2.24) is 4.90 Å². The molecule has 0 amide bonds. The van der Waals surface area contributed by atoms with Crippen LogP contribution >= 0.6 is 23.2 Å². The molecule has 0 aromatic heterocycles. The number of halogens is 2. The Balaban J connectivity index is 2.14. The lowest BCUT2D eigenvalue weighted by Crippen LogP contribution is -2.33. The van der Waals surface area contributed by atoms with Crippen LogP contribution < -0.4 is 0 Å². The standard InChI is InChI=1S/C23H28Cl2N2/c1-4-27(16-19-10-6-5-7-11-19)15-9-14-23(17-26,18(2)3)22-20(24)12-8-13-21(22)25/h5-8,10-13,18H,4,9,14-16H2,1-3H3. The van der Waals surface area contributed by atoms with Gasteiger partial charge in [-0.1, -0.05) is 80.4 Å². The largest absolute Gasteiger partial charge is 0.299 e. The molecule has 1 unspecified atom stereocenters. The number of hydrogen-bond donors (Lipinski definition) is 0. The molecule has 0 saturated carbocycles. The summed E-state index contributed by atoms with van der Waals surface area (Å²) >= 11 is 12.9. The molecule has 144 valence electrons. The van der Waals surface area contributed by atoms with Crippen molar-refractivity contribution in [2.75, 3.05) is 13.1 Å². The molecule has 27 heavy (non-hydrogen) atoms. The predicted molar refractivity (Wildman–Crippen MR) is 115 cm³/mol. The molecule has 0 saturated heterocycles. The highest BCUT2D eigenvalue weighted by Crippen LogP contribution is 2.43. The van der Waals surface area contributed by atoms with Crippen LogP contribution in [-0.4, -0.2) is 18.0 Å². The van der Waals surface area contributed by atoms with E-state index in [0.29, 0.717) is 10.0 Å². The topological polar surface area (TPSA) is 27.0 Å².